The maximum Gasteiger partial charge on any atom is 0.131 e. The molecule has 0 aromatic carbocycles. The third kappa shape index (κ3) is 1.73. The fourth-order valence-corrected chi connectivity index (χ4v) is 1.33. The number of aromatic nitrogens is 1. The molecule has 0 radical (unpaired) electrons. The van der Waals surface area contributed by atoms with Gasteiger partial charge in [-0.15, -0.1) is 0 Å². The number of anilines is 1. The monoisotopic (exact) mass is 268 g/mol. The van der Waals surface area contributed by atoms with E-state index in [4.69, 9.17) is 11.6 Å². The van der Waals surface area contributed by atoms with Crippen molar-refractivity contribution in [2.24, 2.45) is 0 Å². The summed E-state index contributed by atoms with van der Waals surface area (Å²) < 4.78 is 1.07. The second-order valence-electron chi connectivity index (χ2n) is 1.74. The Morgan fingerprint density at radius 1 is 1.70 bits per heavy atom. The lowest BCUT2D eigenvalue weighted by atomic mass is 10.4. The quantitative estimate of drug-likeness (QED) is 0.625. The Morgan fingerprint density at radius 2 is 2.40 bits per heavy atom. The molecule has 0 aliphatic heterocycles. The van der Waals surface area contributed by atoms with E-state index >= 15 is 0 Å². The molecular weight excluding hydrogens is 262 g/mol. The summed E-state index contributed by atoms with van der Waals surface area (Å²) in [5.41, 5.74) is 1.01. The number of halogens is 2. The Kier molecular flexibility index (Phi) is 2.73. The summed E-state index contributed by atoms with van der Waals surface area (Å²) in [5, 5.41) is 3.52. The van der Waals surface area contributed by atoms with Gasteiger partial charge in [-0.1, -0.05) is 11.6 Å². The van der Waals surface area contributed by atoms with Gasteiger partial charge >= 0.3 is 0 Å². The zero-order chi connectivity index (χ0) is 7.56. The van der Waals surface area contributed by atoms with Crippen LogP contribution in [0.1, 0.15) is 0 Å². The van der Waals surface area contributed by atoms with Crippen LogP contribution in [-0.4, -0.2) is 12.0 Å². The summed E-state index contributed by atoms with van der Waals surface area (Å²) in [6.07, 6.45) is 1.73. The zero-order valence-electron chi connectivity index (χ0n) is 5.36. The second-order valence-corrected chi connectivity index (χ2v) is 3.29. The fraction of sp³-hybridized carbons (Fsp3) is 0.167. The molecule has 0 fully saturated rings. The van der Waals surface area contributed by atoms with Crippen molar-refractivity contribution in [1.82, 2.24) is 4.98 Å². The van der Waals surface area contributed by atoms with Crippen molar-refractivity contribution in [3.63, 3.8) is 0 Å². The van der Waals surface area contributed by atoms with E-state index in [0.717, 1.165) is 9.26 Å². The van der Waals surface area contributed by atoms with Gasteiger partial charge in [0.2, 0.25) is 0 Å². The van der Waals surface area contributed by atoms with E-state index < -0.39 is 0 Å². The Morgan fingerprint density at radius 3 is 2.90 bits per heavy atom. The van der Waals surface area contributed by atoms with Gasteiger partial charge in [-0.3, -0.25) is 0 Å². The predicted molar refractivity (Wildman–Crippen MR) is 51.5 cm³/mol. The third-order valence-electron chi connectivity index (χ3n) is 1.09. The van der Waals surface area contributed by atoms with Gasteiger partial charge in [0.05, 0.1) is 9.26 Å². The van der Waals surface area contributed by atoms with E-state index in [-0.39, 0.29) is 0 Å². The molecule has 2 nitrogen and oxygen atoms in total. The van der Waals surface area contributed by atoms with Crippen LogP contribution in [0, 0.1) is 3.57 Å². The van der Waals surface area contributed by atoms with Crippen LogP contribution in [0.5, 0.6) is 0 Å². The number of hydrogen-bond acceptors (Lipinski definition) is 2. The molecule has 0 atom stereocenters. The first kappa shape index (κ1) is 8.07. The van der Waals surface area contributed by atoms with Crippen molar-refractivity contribution in [2.75, 3.05) is 12.4 Å². The molecule has 0 unspecified atom stereocenters. The molecule has 0 bridgehead atoms. The van der Waals surface area contributed by atoms with Gasteiger partial charge in [-0.25, -0.2) is 4.98 Å². The smallest absolute Gasteiger partial charge is 0.131 e. The number of nitrogens with one attached hydrogen (secondary N) is 1. The van der Waals surface area contributed by atoms with Crippen molar-refractivity contribution in [2.45, 2.75) is 0 Å². The normalized spacial score (nSPS) is 9.50. The van der Waals surface area contributed by atoms with Crippen LogP contribution in [0.3, 0.4) is 0 Å². The van der Waals surface area contributed by atoms with Crippen molar-refractivity contribution < 1.29 is 0 Å². The summed E-state index contributed by atoms with van der Waals surface area (Å²) in [6, 6.07) is 1.79. The first-order valence-electron chi connectivity index (χ1n) is 2.73. The first-order valence-corrected chi connectivity index (χ1v) is 4.18. The summed E-state index contributed by atoms with van der Waals surface area (Å²) in [5.74, 6) is 0. The highest BCUT2D eigenvalue weighted by molar-refractivity contribution is 14.1. The lowest BCUT2D eigenvalue weighted by Crippen LogP contribution is -1.91. The highest BCUT2D eigenvalue weighted by Gasteiger charge is 1.97. The molecular formula is C6H6ClIN2. The SMILES string of the molecule is CNc1cc(Cl)ncc1I. The minimum Gasteiger partial charge on any atom is -0.387 e. The van der Waals surface area contributed by atoms with Crippen LogP contribution in [0.25, 0.3) is 0 Å². The van der Waals surface area contributed by atoms with Crippen molar-refractivity contribution in [3.8, 4) is 0 Å². The van der Waals surface area contributed by atoms with Crippen LogP contribution in [-0.2, 0) is 0 Å². The molecule has 0 aliphatic rings. The largest absolute Gasteiger partial charge is 0.387 e. The van der Waals surface area contributed by atoms with E-state index in [9.17, 15) is 0 Å². The molecule has 0 saturated carbocycles. The molecule has 1 aromatic heterocycles. The van der Waals surface area contributed by atoms with Gasteiger partial charge < -0.3 is 5.32 Å². The predicted octanol–water partition coefficient (Wildman–Crippen LogP) is 2.38. The zero-order valence-corrected chi connectivity index (χ0v) is 8.27. The minimum absolute atomic E-state index is 0.518. The average Bonchev–Trinajstić information content (AvgIpc) is 1.94. The number of pyridine rings is 1. The first-order chi connectivity index (χ1) is 4.74. The summed E-state index contributed by atoms with van der Waals surface area (Å²) in [7, 11) is 1.85. The van der Waals surface area contributed by atoms with Crippen LogP contribution >= 0.6 is 34.2 Å². The molecule has 1 rings (SSSR count). The summed E-state index contributed by atoms with van der Waals surface area (Å²) >= 11 is 7.83. The van der Waals surface area contributed by atoms with E-state index in [1.165, 1.54) is 0 Å². The lowest BCUT2D eigenvalue weighted by Gasteiger charge is -2.01. The number of rotatable bonds is 1. The van der Waals surface area contributed by atoms with Crippen molar-refractivity contribution >= 4 is 39.9 Å². The highest BCUT2D eigenvalue weighted by Crippen LogP contribution is 2.19. The van der Waals surface area contributed by atoms with Crippen LogP contribution < -0.4 is 5.32 Å². The van der Waals surface area contributed by atoms with E-state index in [1.807, 2.05) is 7.05 Å². The minimum atomic E-state index is 0.518. The molecule has 4 heteroatoms. The van der Waals surface area contributed by atoms with Gasteiger partial charge in [0.1, 0.15) is 5.15 Å². The molecule has 54 valence electrons. The van der Waals surface area contributed by atoms with Crippen molar-refractivity contribution in [3.05, 3.63) is 21.0 Å². The van der Waals surface area contributed by atoms with Gasteiger partial charge in [-0.05, 0) is 28.7 Å². The van der Waals surface area contributed by atoms with Crippen LogP contribution in [0.15, 0.2) is 12.3 Å². The molecule has 0 spiro atoms. The van der Waals surface area contributed by atoms with Gasteiger partial charge in [0, 0.05) is 13.2 Å². The maximum absolute atomic E-state index is 5.64. The van der Waals surface area contributed by atoms with E-state index in [0.29, 0.717) is 5.15 Å². The van der Waals surface area contributed by atoms with Gasteiger partial charge in [-0.2, -0.15) is 0 Å². The Labute approximate surface area is 78.1 Å². The standard InChI is InChI=1S/C6H6ClIN2/c1-9-5-2-6(7)10-3-4(5)8/h2-3H,1H3,(H,9,10). The fourth-order valence-electron chi connectivity index (χ4n) is 0.605. The Bertz CT molecular complexity index is 239. The number of nitrogens with zero attached hydrogens (tertiary/aromatic N) is 1. The Balaban J connectivity index is 3.09. The van der Waals surface area contributed by atoms with Gasteiger partial charge in [0.15, 0.2) is 0 Å². The molecule has 0 amide bonds. The summed E-state index contributed by atoms with van der Waals surface area (Å²) in [6.45, 7) is 0. The molecule has 1 aromatic rings. The average molecular weight is 268 g/mol. The number of hydrogen-bond donors (Lipinski definition) is 1. The molecule has 0 aliphatic carbocycles. The van der Waals surface area contributed by atoms with Crippen LogP contribution in [0.2, 0.25) is 5.15 Å². The second kappa shape index (κ2) is 3.39. The van der Waals surface area contributed by atoms with Gasteiger partial charge in [0.25, 0.3) is 0 Å². The van der Waals surface area contributed by atoms with E-state index in [2.05, 4.69) is 32.9 Å². The molecule has 0 saturated heterocycles. The molecule has 10 heavy (non-hydrogen) atoms. The molecule has 1 N–H and O–H groups in total. The van der Waals surface area contributed by atoms with Crippen LogP contribution in [0.4, 0.5) is 5.69 Å². The summed E-state index contributed by atoms with van der Waals surface area (Å²) in [4.78, 5) is 3.91. The lowest BCUT2D eigenvalue weighted by molar-refractivity contribution is 1.29. The topological polar surface area (TPSA) is 24.9 Å². The molecule has 1 heterocycles. The highest BCUT2D eigenvalue weighted by atomic mass is 127. The van der Waals surface area contributed by atoms with E-state index in [1.54, 1.807) is 12.3 Å². The Hall–Kier alpha value is -0.0300. The third-order valence-corrected chi connectivity index (χ3v) is 2.16. The van der Waals surface area contributed by atoms with Crippen molar-refractivity contribution in [1.29, 1.82) is 0 Å². The maximum atomic E-state index is 5.64.